The number of aromatic amines is 1. The lowest BCUT2D eigenvalue weighted by Gasteiger charge is -2.20. The Bertz CT molecular complexity index is 794. The zero-order valence-corrected chi connectivity index (χ0v) is 14.4. The Labute approximate surface area is 137 Å². The van der Waals surface area contributed by atoms with Crippen LogP contribution in [0, 0.1) is 20.8 Å². The standard InChI is InChI=1S/C20H23FN2/c1-12-6-8-17(9-7-12)18(19-13(2)10-15(4)22-19)20-14(3)11-16(5)23(20)21/h6-11,16,22H,1-5H3/b20-18-. The highest BCUT2D eigenvalue weighted by molar-refractivity contribution is 5.84. The van der Waals surface area contributed by atoms with Gasteiger partial charge in [0.05, 0.1) is 17.4 Å². The fourth-order valence-corrected chi connectivity index (χ4v) is 3.29. The Kier molecular flexibility index (Phi) is 3.88. The summed E-state index contributed by atoms with van der Waals surface area (Å²) in [6, 6.07) is 10.1. The molecule has 0 radical (unpaired) electrons. The highest BCUT2D eigenvalue weighted by atomic mass is 19.2. The van der Waals surface area contributed by atoms with Crippen LogP contribution in [0.25, 0.3) is 5.57 Å². The molecule has 0 amide bonds. The van der Waals surface area contributed by atoms with Crippen molar-refractivity contribution in [3.8, 4) is 0 Å². The second kappa shape index (κ2) is 5.73. The third-order valence-corrected chi connectivity index (χ3v) is 4.41. The summed E-state index contributed by atoms with van der Waals surface area (Å²) in [6.07, 6.45) is 1.97. The summed E-state index contributed by atoms with van der Waals surface area (Å²) in [6.45, 7) is 10.0. The molecule has 0 saturated carbocycles. The second-order valence-electron chi connectivity index (χ2n) is 6.50. The van der Waals surface area contributed by atoms with Gasteiger partial charge in [0, 0.05) is 11.3 Å². The molecule has 1 unspecified atom stereocenters. The number of nitrogens with zero attached hydrogens (tertiary/aromatic N) is 1. The molecule has 1 atom stereocenters. The molecule has 1 aromatic carbocycles. The van der Waals surface area contributed by atoms with Gasteiger partial charge < -0.3 is 4.98 Å². The smallest absolute Gasteiger partial charge is 0.0820 e. The number of hydrogen-bond donors (Lipinski definition) is 1. The monoisotopic (exact) mass is 310 g/mol. The molecule has 23 heavy (non-hydrogen) atoms. The number of nitrogens with one attached hydrogen (secondary N) is 1. The van der Waals surface area contributed by atoms with E-state index in [2.05, 4.69) is 49.2 Å². The molecular formula is C20H23FN2. The van der Waals surface area contributed by atoms with Crippen LogP contribution in [0.2, 0.25) is 0 Å². The van der Waals surface area contributed by atoms with Gasteiger partial charge in [0.15, 0.2) is 0 Å². The Morgan fingerprint density at radius 1 is 1.09 bits per heavy atom. The fourth-order valence-electron chi connectivity index (χ4n) is 3.29. The van der Waals surface area contributed by atoms with Crippen LogP contribution >= 0.6 is 0 Å². The molecule has 1 aromatic heterocycles. The first-order valence-corrected chi connectivity index (χ1v) is 8.00. The van der Waals surface area contributed by atoms with E-state index in [-0.39, 0.29) is 6.04 Å². The van der Waals surface area contributed by atoms with Crippen molar-refractivity contribution in [2.45, 2.75) is 40.7 Å². The van der Waals surface area contributed by atoms with E-state index in [1.165, 1.54) is 5.56 Å². The normalized spacial score (nSPS) is 20.0. The van der Waals surface area contributed by atoms with E-state index < -0.39 is 0 Å². The van der Waals surface area contributed by atoms with Crippen LogP contribution in [0.3, 0.4) is 0 Å². The van der Waals surface area contributed by atoms with E-state index in [4.69, 9.17) is 0 Å². The average Bonchev–Trinajstić information content (AvgIpc) is 2.94. The number of hydrogen-bond acceptors (Lipinski definition) is 1. The minimum atomic E-state index is -0.234. The van der Waals surface area contributed by atoms with Crippen LogP contribution in [-0.2, 0) is 0 Å². The quantitative estimate of drug-likeness (QED) is 0.752. The summed E-state index contributed by atoms with van der Waals surface area (Å²) >= 11 is 0. The lowest BCUT2D eigenvalue weighted by molar-refractivity contribution is 0.0610. The summed E-state index contributed by atoms with van der Waals surface area (Å²) in [5.41, 5.74) is 7.99. The predicted octanol–water partition coefficient (Wildman–Crippen LogP) is 5.23. The SMILES string of the molecule is CC1=CC(C)N(F)/C1=C(/c1ccc(C)cc1)c1[nH]c(C)cc1C. The topological polar surface area (TPSA) is 19.0 Å². The van der Waals surface area contributed by atoms with Gasteiger partial charge in [-0.25, -0.2) is 5.12 Å². The molecule has 2 nitrogen and oxygen atoms in total. The number of allylic oxidation sites excluding steroid dienone is 1. The van der Waals surface area contributed by atoms with Gasteiger partial charge in [-0.2, -0.15) is 0 Å². The zero-order valence-electron chi connectivity index (χ0n) is 14.4. The maximum absolute atomic E-state index is 14.8. The molecule has 0 spiro atoms. The van der Waals surface area contributed by atoms with Crippen molar-refractivity contribution < 1.29 is 4.48 Å². The maximum atomic E-state index is 14.8. The van der Waals surface area contributed by atoms with Crippen molar-refractivity contribution in [1.82, 2.24) is 10.1 Å². The number of H-pyrrole nitrogens is 1. The van der Waals surface area contributed by atoms with Crippen LogP contribution in [0.15, 0.2) is 47.7 Å². The molecule has 2 heterocycles. The van der Waals surface area contributed by atoms with E-state index in [0.717, 1.165) is 38.8 Å². The highest BCUT2D eigenvalue weighted by Gasteiger charge is 2.29. The van der Waals surface area contributed by atoms with Gasteiger partial charge >= 0.3 is 0 Å². The number of aromatic nitrogens is 1. The molecule has 0 bridgehead atoms. The molecule has 1 aliphatic rings. The first kappa shape index (κ1) is 15.6. The second-order valence-corrected chi connectivity index (χ2v) is 6.50. The lowest BCUT2D eigenvalue weighted by Crippen LogP contribution is -2.18. The molecule has 2 aromatic rings. The number of halogens is 1. The highest BCUT2D eigenvalue weighted by Crippen LogP contribution is 2.38. The van der Waals surface area contributed by atoms with Gasteiger partial charge in [-0.3, -0.25) is 0 Å². The molecular weight excluding hydrogens is 287 g/mol. The first-order valence-electron chi connectivity index (χ1n) is 8.00. The van der Waals surface area contributed by atoms with E-state index in [1.807, 2.05) is 26.8 Å². The van der Waals surface area contributed by atoms with Crippen molar-refractivity contribution in [2.75, 3.05) is 0 Å². The minimum absolute atomic E-state index is 0.234. The molecule has 1 N–H and O–H groups in total. The third-order valence-electron chi connectivity index (χ3n) is 4.41. The number of aryl methyl sites for hydroxylation is 3. The molecule has 120 valence electrons. The first-order chi connectivity index (χ1) is 10.9. The minimum Gasteiger partial charge on any atom is -0.358 e. The predicted molar refractivity (Wildman–Crippen MR) is 93.6 cm³/mol. The van der Waals surface area contributed by atoms with E-state index >= 15 is 0 Å². The van der Waals surface area contributed by atoms with Crippen LogP contribution in [0.4, 0.5) is 4.48 Å². The molecule has 3 heteroatoms. The van der Waals surface area contributed by atoms with Gasteiger partial charge in [0.1, 0.15) is 0 Å². The maximum Gasteiger partial charge on any atom is 0.0820 e. The third kappa shape index (κ3) is 2.72. The summed E-state index contributed by atoms with van der Waals surface area (Å²) in [4.78, 5) is 3.41. The van der Waals surface area contributed by atoms with Gasteiger partial charge in [0.25, 0.3) is 0 Å². The van der Waals surface area contributed by atoms with Crippen molar-refractivity contribution in [3.05, 3.63) is 75.8 Å². The van der Waals surface area contributed by atoms with E-state index in [1.54, 1.807) is 0 Å². The number of rotatable bonds is 2. The van der Waals surface area contributed by atoms with Gasteiger partial charge in [-0.1, -0.05) is 40.4 Å². The summed E-state index contributed by atoms with van der Waals surface area (Å²) in [7, 11) is 0. The fraction of sp³-hybridized carbons (Fsp3) is 0.300. The Morgan fingerprint density at radius 3 is 2.22 bits per heavy atom. The Morgan fingerprint density at radius 2 is 1.74 bits per heavy atom. The van der Waals surface area contributed by atoms with E-state index in [9.17, 15) is 4.48 Å². The van der Waals surface area contributed by atoms with Gasteiger partial charge in [-0.15, -0.1) is 0 Å². The summed E-state index contributed by atoms with van der Waals surface area (Å²) in [5, 5.41) is 0.875. The zero-order chi connectivity index (χ0) is 16.7. The number of benzene rings is 1. The van der Waals surface area contributed by atoms with Crippen molar-refractivity contribution >= 4 is 5.57 Å². The van der Waals surface area contributed by atoms with Gasteiger partial charge in [-0.05, 0) is 57.4 Å². The molecule has 0 fully saturated rings. The lowest BCUT2D eigenvalue weighted by atomic mass is 9.95. The Hall–Kier alpha value is -2.29. The van der Waals surface area contributed by atoms with Crippen LogP contribution < -0.4 is 0 Å². The van der Waals surface area contributed by atoms with Crippen molar-refractivity contribution in [1.29, 1.82) is 0 Å². The van der Waals surface area contributed by atoms with Crippen LogP contribution in [-0.4, -0.2) is 16.1 Å². The molecule has 3 rings (SSSR count). The molecule has 0 saturated heterocycles. The van der Waals surface area contributed by atoms with Crippen molar-refractivity contribution in [3.63, 3.8) is 0 Å². The summed E-state index contributed by atoms with van der Waals surface area (Å²) < 4.78 is 14.8. The average molecular weight is 310 g/mol. The Balaban J connectivity index is 2.29. The van der Waals surface area contributed by atoms with Crippen LogP contribution in [0.5, 0.6) is 0 Å². The summed E-state index contributed by atoms with van der Waals surface area (Å²) in [5.74, 6) is 0. The van der Waals surface area contributed by atoms with Crippen molar-refractivity contribution in [2.24, 2.45) is 0 Å². The molecule has 1 aliphatic heterocycles. The van der Waals surface area contributed by atoms with Crippen LogP contribution in [0.1, 0.15) is 41.9 Å². The van der Waals surface area contributed by atoms with Gasteiger partial charge in [0.2, 0.25) is 0 Å². The largest absolute Gasteiger partial charge is 0.358 e. The molecule has 0 aliphatic carbocycles. The van der Waals surface area contributed by atoms with E-state index in [0.29, 0.717) is 5.70 Å².